The minimum Gasteiger partial charge on any atom is -0.461 e. The number of carbonyl (C=O) groups excluding carboxylic acids is 4. The third-order valence-corrected chi connectivity index (χ3v) is 6.26. The first kappa shape index (κ1) is 26.4. The van der Waals surface area contributed by atoms with Gasteiger partial charge in [-0.15, -0.1) is 0 Å². The zero-order chi connectivity index (χ0) is 26.9. The number of carbonyl (C=O) groups is 4. The van der Waals surface area contributed by atoms with Crippen molar-refractivity contribution in [1.82, 2.24) is 10.2 Å². The van der Waals surface area contributed by atoms with Gasteiger partial charge in [-0.3, -0.25) is 19.3 Å². The quantitative estimate of drug-likeness (QED) is 0.422. The van der Waals surface area contributed by atoms with E-state index in [1.165, 1.54) is 4.90 Å². The lowest BCUT2D eigenvalue weighted by molar-refractivity contribution is -0.147. The Morgan fingerprint density at radius 2 is 1.37 bits per heavy atom. The molecule has 196 valence electrons. The molecule has 0 fully saturated rings. The molecule has 0 bridgehead atoms. The van der Waals surface area contributed by atoms with Crippen LogP contribution in [0.25, 0.3) is 0 Å². The Morgan fingerprint density at radius 3 is 1.97 bits per heavy atom. The molecule has 3 aromatic carbocycles. The monoisotopic (exact) mass is 515 g/mol. The van der Waals surface area contributed by atoms with Crippen LogP contribution < -0.4 is 11.1 Å². The van der Waals surface area contributed by atoms with Gasteiger partial charge in [0.05, 0.1) is 13.0 Å². The highest BCUT2D eigenvalue weighted by Gasteiger charge is 2.37. The largest absolute Gasteiger partial charge is 0.461 e. The smallest absolute Gasteiger partial charge is 0.411 e. The summed E-state index contributed by atoms with van der Waals surface area (Å²) < 4.78 is 10.7. The Labute approximate surface area is 220 Å². The van der Waals surface area contributed by atoms with Crippen LogP contribution in [0.15, 0.2) is 84.9 Å². The summed E-state index contributed by atoms with van der Waals surface area (Å²) in [5.41, 5.74) is 8.87. The van der Waals surface area contributed by atoms with Crippen LogP contribution in [0.5, 0.6) is 0 Å². The summed E-state index contributed by atoms with van der Waals surface area (Å²) in [5, 5.41) is 2.54. The molecule has 1 aliphatic rings. The van der Waals surface area contributed by atoms with Crippen molar-refractivity contribution >= 4 is 23.9 Å². The van der Waals surface area contributed by atoms with Crippen LogP contribution in [0.4, 0.5) is 4.79 Å². The number of ether oxygens (including phenoxy) is 2. The molecule has 0 aromatic heterocycles. The van der Waals surface area contributed by atoms with Crippen LogP contribution in [-0.4, -0.2) is 40.9 Å². The van der Waals surface area contributed by atoms with Crippen LogP contribution in [0.3, 0.4) is 0 Å². The van der Waals surface area contributed by atoms with Crippen LogP contribution in [0.1, 0.15) is 28.7 Å². The summed E-state index contributed by atoms with van der Waals surface area (Å²) in [5.74, 6) is -2.19. The van der Waals surface area contributed by atoms with Gasteiger partial charge in [-0.1, -0.05) is 84.9 Å². The fourth-order valence-electron chi connectivity index (χ4n) is 4.21. The molecule has 9 nitrogen and oxygen atoms in total. The highest BCUT2D eigenvalue weighted by atomic mass is 16.6. The minimum absolute atomic E-state index is 0.0273. The zero-order valence-corrected chi connectivity index (χ0v) is 20.7. The standard InChI is InChI=1S/C29H29N3O6/c30-27(34)24(16-26(33)37-18-20-9-3-1-4-10-20)31-28(35)25-15-22-13-7-8-14-23(22)17-32(25)29(36)38-19-21-11-5-2-6-12-21/h1-14,24-25H,15-19H2,(H2,30,34)(H,31,35)/t24-,25-/m0/s1. The number of nitrogens with two attached hydrogens (primary N) is 1. The molecule has 2 atom stereocenters. The predicted molar refractivity (Wildman–Crippen MR) is 138 cm³/mol. The van der Waals surface area contributed by atoms with Gasteiger partial charge in [-0.25, -0.2) is 4.79 Å². The van der Waals surface area contributed by atoms with Crippen LogP contribution >= 0.6 is 0 Å². The molecule has 0 saturated heterocycles. The molecule has 0 unspecified atom stereocenters. The number of nitrogens with one attached hydrogen (secondary N) is 1. The maximum Gasteiger partial charge on any atom is 0.411 e. The summed E-state index contributed by atoms with van der Waals surface area (Å²) in [6, 6.07) is 23.5. The van der Waals surface area contributed by atoms with Crippen molar-refractivity contribution in [3.63, 3.8) is 0 Å². The number of hydrogen-bond acceptors (Lipinski definition) is 6. The van der Waals surface area contributed by atoms with Crippen molar-refractivity contribution in [3.05, 3.63) is 107 Å². The van der Waals surface area contributed by atoms with Crippen molar-refractivity contribution in [2.75, 3.05) is 0 Å². The SMILES string of the molecule is NC(=O)[C@H](CC(=O)OCc1ccccc1)NC(=O)[C@@H]1Cc2ccccc2CN1C(=O)OCc1ccccc1. The topological polar surface area (TPSA) is 128 Å². The molecule has 1 aliphatic heterocycles. The summed E-state index contributed by atoms with van der Waals surface area (Å²) in [7, 11) is 0. The fourth-order valence-corrected chi connectivity index (χ4v) is 4.21. The Kier molecular flexibility index (Phi) is 8.71. The zero-order valence-electron chi connectivity index (χ0n) is 20.7. The van der Waals surface area contributed by atoms with E-state index in [1.54, 1.807) is 12.1 Å². The molecule has 38 heavy (non-hydrogen) atoms. The highest BCUT2D eigenvalue weighted by Crippen LogP contribution is 2.25. The molecule has 1 heterocycles. The van der Waals surface area contributed by atoms with Crippen LogP contribution in [0.2, 0.25) is 0 Å². The van der Waals surface area contributed by atoms with E-state index >= 15 is 0 Å². The summed E-state index contributed by atoms with van der Waals surface area (Å²) in [6.45, 7) is 0.227. The van der Waals surface area contributed by atoms with E-state index in [9.17, 15) is 19.2 Å². The number of primary amides is 1. The van der Waals surface area contributed by atoms with Gasteiger partial charge in [-0.05, 0) is 22.3 Å². The van der Waals surface area contributed by atoms with E-state index in [-0.39, 0.29) is 26.2 Å². The van der Waals surface area contributed by atoms with Gasteiger partial charge in [0.15, 0.2) is 0 Å². The first-order chi connectivity index (χ1) is 18.4. The average Bonchev–Trinajstić information content (AvgIpc) is 2.94. The summed E-state index contributed by atoms with van der Waals surface area (Å²) >= 11 is 0. The maximum absolute atomic E-state index is 13.4. The van der Waals surface area contributed by atoms with Crippen LogP contribution in [-0.2, 0) is 50.0 Å². The first-order valence-electron chi connectivity index (χ1n) is 12.2. The number of esters is 1. The molecule has 0 aliphatic carbocycles. The number of benzene rings is 3. The Balaban J connectivity index is 1.43. The second-order valence-corrected chi connectivity index (χ2v) is 8.97. The van der Waals surface area contributed by atoms with Crippen molar-refractivity contribution in [2.45, 2.75) is 44.7 Å². The van der Waals surface area contributed by atoms with Crippen molar-refractivity contribution in [2.24, 2.45) is 5.73 Å². The number of hydrogen-bond donors (Lipinski definition) is 2. The molecule has 3 N–H and O–H groups in total. The van der Waals surface area contributed by atoms with Gasteiger partial charge >= 0.3 is 12.1 Å². The molecule has 9 heteroatoms. The molecule has 4 rings (SSSR count). The molecule has 3 amide bonds. The molecule has 3 aromatic rings. The number of nitrogens with zero attached hydrogens (tertiary/aromatic N) is 1. The second kappa shape index (κ2) is 12.5. The third kappa shape index (κ3) is 6.97. The van der Waals surface area contributed by atoms with Gasteiger partial charge in [0.25, 0.3) is 0 Å². The third-order valence-electron chi connectivity index (χ3n) is 6.26. The second-order valence-electron chi connectivity index (χ2n) is 8.97. The van der Waals surface area contributed by atoms with Gasteiger partial charge in [0.2, 0.25) is 11.8 Å². The molecular formula is C29H29N3O6. The number of rotatable bonds is 9. The summed E-state index contributed by atoms with van der Waals surface area (Å²) in [6.07, 6.45) is -0.886. The van der Waals surface area contributed by atoms with E-state index in [4.69, 9.17) is 15.2 Å². The molecule has 0 spiro atoms. The Hall–Kier alpha value is -4.66. The Morgan fingerprint density at radius 1 is 0.816 bits per heavy atom. The summed E-state index contributed by atoms with van der Waals surface area (Å²) in [4.78, 5) is 52.2. The minimum atomic E-state index is -1.30. The highest BCUT2D eigenvalue weighted by molar-refractivity contribution is 5.93. The van der Waals surface area contributed by atoms with Crippen LogP contribution in [0, 0.1) is 0 Å². The van der Waals surface area contributed by atoms with E-state index in [2.05, 4.69) is 5.32 Å². The predicted octanol–water partition coefficient (Wildman–Crippen LogP) is 2.85. The lowest BCUT2D eigenvalue weighted by atomic mass is 9.93. The van der Waals surface area contributed by atoms with Gasteiger partial charge in [-0.2, -0.15) is 0 Å². The Bertz CT molecular complexity index is 1280. The lowest BCUT2D eigenvalue weighted by Gasteiger charge is -2.35. The number of amides is 3. The average molecular weight is 516 g/mol. The van der Waals surface area contributed by atoms with Crippen molar-refractivity contribution in [3.8, 4) is 0 Å². The molecular weight excluding hydrogens is 486 g/mol. The fraction of sp³-hybridized carbons (Fsp3) is 0.241. The maximum atomic E-state index is 13.4. The van der Waals surface area contributed by atoms with Gasteiger partial charge in [0, 0.05) is 6.42 Å². The van der Waals surface area contributed by atoms with E-state index in [0.717, 1.165) is 22.3 Å². The van der Waals surface area contributed by atoms with Gasteiger partial charge < -0.3 is 20.5 Å². The molecule has 0 radical (unpaired) electrons. The van der Waals surface area contributed by atoms with E-state index in [0.29, 0.717) is 0 Å². The lowest BCUT2D eigenvalue weighted by Crippen LogP contribution is -2.56. The van der Waals surface area contributed by atoms with E-state index in [1.807, 2.05) is 72.8 Å². The molecule has 0 saturated carbocycles. The van der Waals surface area contributed by atoms with Gasteiger partial charge in [0.1, 0.15) is 25.3 Å². The van der Waals surface area contributed by atoms with Crippen molar-refractivity contribution < 1.29 is 28.7 Å². The number of fused-ring (bicyclic) bond motifs is 1. The van der Waals surface area contributed by atoms with E-state index < -0.39 is 42.4 Å². The van der Waals surface area contributed by atoms with Crippen molar-refractivity contribution in [1.29, 1.82) is 0 Å². The first-order valence-corrected chi connectivity index (χ1v) is 12.2. The normalized spacial score (nSPS) is 15.1.